The van der Waals surface area contributed by atoms with Gasteiger partial charge in [-0.15, -0.1) is 6.58 Å². The predicted octanol–water partition coefficient (Wildman–Crippen LogP) is 3.51. The molecule has 0 radical (unpaired) electrons. The van der Waals surface area contributed by atoms with Crippen LogP contribution in [0.25, 0.3) is 0 Å². The molecule has 4 rings (SSSR count). The summed E-state index contributed by atoms with van der Waals surface area (Å²) in [5, 5.41) is 0.827. The Morgan fingerprint density at radius 2 is 1.79 bits per heavy atom. The van der Waals surface area contributed by atoms with Gasteiger partial charge in [0.15, 0.2) is 12.2 Å². The minimum absolute atomic E-state index is 0.00498. The molecule has 0 aromatic heterocycles. The van der Waals surface area contributed by atoms with E-state index in [2.05, 4.69) is 6.58 Å². The van der Waals surface area contributed by atoms with Gasteiger partial charge in [-0.25, -0.2) is 9.79 Å². The van der Waals surface area contributed by atoms with Crippen LogP contribution >= 0.6 is 23.2 Å². The lowest BCUT2D eigenvalue weighted by Crippen LogP contribution is -2.64. The molecule has 3 aliphatic rings. The van der Waals surface area contributed by atoms with Crippen molar-refractivity contribution in [3.05, 3.63) is 57.9 Å². The van der Waals surface area contributed by atoms with Crippen molar-refractivity contribution in [2.24, 2.45) is 4.99 Å². The van der Waals surface area contributed by atoms with E-state index in [1.807, 2.05) is 23.6 Å². The summed E-state index contributed by atoms with van der Waals surface area (Å²) in [4.78, 5) is 37.8. The lowest BCUT2D eigenvalue weighted by molar-refractivity contribution is -0.137. The molecule has 3 heterocycles. The van der Waals surface area contributed by atoms with E-state index in [9.17, 15) is 9.59 Å². The van der Waals surface area contributed by atoms with E-state index < -0.39 is 18.2 Å². The molecule has 3 aliphatic heterocycles. The first-order valence-electron chi connectivity index (χ1n) is 9.22. The van der Waals surface area contributed by atoms with Crippen molar-refractivity contribution in [2.45, 2.75) is 32.6 Å². The number of likely N-dealkylation sites (N-methyl/N-ethyl adjacent to an activating group) is 1. The van der Waals surface area contributed by atoms with Gasteiger partial charge in [0.25, 0.3) is 5.91 Å². The second-order valence-corrected chi connectivity index (χ2v) is 8.06. The number of hydrogen-bond acceptors (Lipinski definition) is 5. The van der Waals surface area contributed by atoms with E-state index in [1.54, 1.807) is 31.3 Å². The van der Waals surface area contributed by atoms with E-state index in [4.69, 9.17) is 28.2 Å². The summed E-state index contributed by atoms with van der Waals surface area (Å²) in [6.07, 6.45) is 1.20. The molecule has 1 saturated heterocycles. The zero-order valence-electron chi connectivity index (χ0n) is 16.4. The van der Waals surface area contributed by atoms with E-state index in [0.717, 1.165) is 11.4 Å². The number of fused-ring (bicyclic) bond motifs is 3. The summed E-state index contributed by atoms with van der Waals surface area (Å²) in [7, 11) is 1.66. The van der Waals surface area contributed by atoms with Crippen LogP contribution in [0.4, 0.5) is 4.79 Å². The maximum absolute atomic E-state index is 13.5. The smallest absolute Gasteiger partial charge is 0.311 e. The molecular weight excluding hydrogens is 413 g/mol. The Kier molecular flexibility index (Phi) is 4.83. The average Bonchev–Trinajstić information content (AvgIpc) is 3.18. The number of imide groups is 1. The summed E-state index contributed by atoms with van der Waals surface area (Å²) in [6.45, 7) is 8.32. The molecule has 0 bridgehead atoms. The van der Waals surface area contributed by atoms with E-state index in [0.29, 0.717) is 28.1 Å². The highest BCUT2D eigenvalue weighted by atomic mass is 35.5. The number of carbonyl (C=O) groups excluding carboxylic acids is 2. The quantitative estimate of drug-likeness (QED) is 0.681. The molecule has 0 aliphatic carbocycles. The third-order valence-electron chi connectivity index (χ3n) is 5.69. The topological polar surface area (TPSA) is 59.5 Å². The Balaban J connectivity index is 1.71. The number of halogens is 2. The van der Waals surface area contributed by atoms with E-state index in [-0.39, 0.29) is 12.5 Å². The van der Waals surface area contributed by atoms with Crippen molar-refractivity contribution in [2.75, 3.05) is 13.6 Å². The predicted molar refractivity (Wildman–Crippen MR) is 112 cm³/mol. The number of aliphatic imine (C=N–C) groups is 1. The van der Waals surface area contributed by atoms with Gasteiger partial charge in [-0.05, 0) is 26.0 Å². The van der Waals surface area contributed by atoms with Gasteiger partial charge in [0, 0.05) is 40.6 Å². The normalized spacial score (nSPS) is 23.7. The van der Waals surface area contributed by atoms with Crippen LogP contribution in [-0.2, 0) is 11.3 Å². The lowest BCUT2D eigenvalue weighted by atomic mass is 10.1. The molecule has 1 aromatic carbocycles. The molecule has 0 saturated carbocycles. The zero-order valence-corrected chi connectivity index (χ0v) is 17.9. The molecule has 152 valence electrons. The standard InChI is InChI=1S/C20H21Cl2N5O2/c1-5-9-25-11(2)12(3)27-16-17(23-19(25)27)24(4)20(29)26(18(16)28)10-13-14(21)7-6-8-15(13)22/h5-8,16-17H,1,9-10H2,2-4H3. The summed E-state index contributed by atoms with van der Waals surface area (Å²) in [5.41, 5.74) is 2.49. The third kappa shape index (κ3) is 2.83. The second kappa shape index (κ2) is 7.07. The van der Waals surface area contributed by atoms with Gasteiger partial charge < -0.3 is 9.80 Å². The number of hydrogen-bond donors (Lipinski definition) is 0. The fourth-order valence-corrected chi connectivity index (χ4v) is 4.53. The Labute approximate surface area is 179 Å². The summed E-state index contributed by atoms with van der Waals surface area (Å²) >= 11 is 12.5. The van der Waals surface area contributed by atoms with Gasteiger partial charge in [0.2, 0.25) is 5.96 Å². The van der Waals surface area contributed by atoms with Gasteiger partial charge >= 0.3 is 6.03 Å². The van der Waals surface area contributed by atoms with Crippen LogP contribution in [0.5, 0.6) is 0 Å². The number of carbonyl (C=O) groups is 2. The van der Waals surface area contributed by atoms with Gasteiger partial charge in [-0.2, -0.15) is 0 Å². The van der Waals surface area contributed by atoms with Gasteiger partial charge in [-0.3, -0.25) is 14.6 Å². The van der Waals surface area contributed by atoms with E-state index >= 15 is 0 Å². The molecule has 2 unspecified atom stereocenters. The molecule has 1 fully saturated rings. The lowest BCUT2D eigenvalue weighted by Gasteiger charge is -2.41. The fourth-order valence-electron chi connectivity index (χ4n) is 4.02. The van der Waals surface area contributed by atoms with Crippen LogP contribution in [0.2, 0.25) is 10.0 Å². The molecule has 29 heavy (non-hydrogen) atoms. The van der Waals surface area contributed by atoms with Crippen molar-refractivity contribution in [1.82, 2.24) is 19.6 Å². The van der Waals surface area contributed by atoms with Crippen molar-refractivity contribution >= 4 is 41.1 Å². The van der Waals surface area contributed by atoms with Crippen molar-refractivity contribution in [3.8, 4) is 0 Å². The molecule has 7 nitrogen and oxygen atoms in total. The number of rotatable bonds is 4. The highest BCUT2D eigenvalue weighted by Crippen LogP contribution is 2.38. The first-order valence-corrected chi connectivity index (χ1v) is 9.97. The Morgan fingerprint density at radius 3 is 2.41 bits per heavy atom. The molecular formula is C20H21Cl2N5O2. The van der Waals surface area contributed by atoms with E-state index in [1.165, 1.54) is 9.80 Å². The number of nitrogens with zero attached hydrogens (tertiary/aromatic N) is 5. The third-order valence-corrected chi connectivity index (χ3v) is 6.40. The number of urea groups is 1. The first-order chi connectivity index (χ1) is 13.8. The maximum Gasteiger partial charge on any atom is 0.328 e. The highest BCUT2D eigenvalue weighted by Gasteiger charge is 2.55. The zero-order chi connectivity index (χ0) is 21.0. The van der Waals surface area contributed by atoms with Gasteiger partial charge in [0.1, 0.15) is 0 Å². The van der Waals surface area contributed by atoms with Crippen molar-refractivity contribution in [3.63, 3.8) is 0 Å². The first kappa shape index (κ1) is 19.8. The Morgan fingerprint density at radius 1 is 1.14 bits per heavy atom. The molecule has 9 heteroatoms. The number of allylic oxidation sites excluding steroid dienone is 2. The highest BCUT2D eigenvalue weighted by molar-refractivity contribution is 6.36. The van der Waals surface area contributed by atoms with Crippen LogP contribution in [-0.4, -0.2) is 63.3 Å². The van der Waals surface area contributed by atoms with Crippen LogP contribution in [0.15, 0.2) is 47.2 Å². The summed E-state index contributed by atoms with van der Waals surface area (Å²) < 4.78 is 0. The summed E-state index contributed by atoms with van der Waals surface area (Å²) in [5.74, 6) is 0.348. The summed E-state index contributed by atoms with van der Waals surface area (Å²) in [6, 6.07) is 4.05. The largest absolute Gasteiger partial charge is 0.328 e. The van der Waals surface area contributed by atoms with Crippen molar-refractivity contribution in [1.29, 1.82) is 0 Å². The van der Waals surface area contributed by atoms with Gasteiger partial charge in [-0.1, -0.05) is 35.3 Å². The molecule has 2 atom stereocenters. The van der Waals surface area contributed by atoms with Crippen LogP contribution in [0.3, 0.4) is 0 Å². The second-order valence-electron chi connectivity index (χ2n) is 7.25. The average molecular weight is 434 g/mol. The molecule has 0 N–H and O–H groups in total. The van der Waals surface area contributed by atoms with Crippen LogP contribution < -0.4 is 0 Å². The fraction of sp³-hybridized carbons (Fsp3) is 0.350. The van der Waals surface area contributed by atoms with Gasteiger partial charge in [0.05, 0.1) is 6.54 Å². The van der Waals surface area contributed by atoms with Crippen molar-refractivity contribution < 1.29 is 9.59 Å². The Hall–Kier alpha value is -2.51. The van der Waals surface area contributed by atoms with Crippen LogP contribution in [0.1, 0.15) is 19.4 Å². The minimum atomic E-state index is -0.626. The minimum Gasteiger partial charge on any atom is -0.311 e. The number of amides is 3. The Bertz CT molecular complexity index is 969. The molecule has 1 aromatic rings. The monoisotopic (exact) mass is 433 g/mol. The maximum atomic E-state index is 13.5. The number of benzene rings is 1. The SMILES string of the molecule is C=CCN1C2=NC3C(C(=O)N(Cc4c(Cl)cccc4Cl)C(=O)N3C)N2C(C)=C1C. The van der Waals surface area contributed by atoms with Crippen LogP contribution in [0, 0.1) is 0 Å². The molecule has 0 spiro atoms. The number of guanidine groups is 1. The molecule has 3 amide bonds.